The van der Waals surface area contributed by atoms with Crippen molar-refractivity contribution < 1.29 is 10.2 Å². The first-order valence-electron chi connectivity index (χ1n) is 4.86. The Kier molecular flexibility index (Phi) is 4.71. The zero-order valence-corrected chi connectivity index (χ0v) is 9.35. The normalized spacial score (nSPS) is 14.2. The zero-order valence-electron chi connectivity index (χ0n) is 8.60. The summed E-state index contributed by atoms with van der Waals surface area (Å²) in [5.74, 6) is 0. The minimum atomic E-state index is -1.03. The Morgan fingerprint density at radius 1 is 1.44 bits per heavy atom. The highest BCUT2D eigenvalue weighted by molar-refractivity contribution is 6.31. The van der Waals surface area contributed by atoms with Crippen LogP contribution in [0.25, 0.3) is 0 Å². The maximum absolute atomic E-state index is 9.76. The standard InChI is InChI=1S/C11H13ClN2O2/c12-9-5-7(1-2-8(9)6-14)11(16)10(15)3-4-13/h1-2,5,10-11,15-16H,3-4,13H2. The van der Waals surface area contributed by atoms with Gasteiger partial charge in [-0.1, -0.05) is 17.7 Å². The molecular formula is C11H13ClN2O2. The number of rotatable bonds is 4. The fraction of sp³-hybridized carbons (Fsp3) is 0.364. The van der Waals surface area contributed by atoms with Crippen molar-refractivity contribution in [2.75, 3.05) is 6.54 Å². The average molecular weight is 241 g/mol. The number of benzene rings is 1. The molecule has 2 unspecified atom stereocenters. The van der Waals surface area contributed by atoms with E-state index in [0.717, 1.165) is 0 Å². The largest absolute Gasteiger partial charge is 0.390 e. The van der Waals surface area contributed by atoms with Gasteiger partial charge in [-0.05, 0) is 30.7 Å². The summed E-state index contributed by atoms with van der Waals surface area (Å²) >= 11 is 5.82. The smallest absolute Gasteiger partial charge is 0.105 e. The summed E-state index contributed by atoms with van der Waals surface area (Å²) in [6.45, 7) is 0.294. The highest BCUT2D eigenvalue weighted by Crippen LogP contribution is 2.24. The van der Waals surface area contributed by atoms with Crippen LogP contribution in [0.3, 0.4) is 0 Å². The van der Waals surface area contributed by atoms with Gasteiger partial charge < -0.3 is 15.9 Å². The van der Waals surface area contributed by atoms with Gasteiger partial charge in [-0.2, -0.15) is 5.26 Å². The van der Waals surface area contributed by atoms with Crippen LogP contribution in [0, 0.1) is 11.3 Å². The summed E-state index contributed by atoms with van der Waals surface area (Å²) in [4.78, 5) is 0. The summed E-state index contributed by atoms with van der Waals surface area (Å²) in [5, 5.41) is 28.3. The number of aliphatic hydroxyl groups excluding tert-OH is 2. The van der Waals surface area contributed by atoms with E-state index >= 15 is 0 Å². The topological polar surface area (TPSA) is 90.3 Å². The molecule has 1 aromatic carbocycles. The third kappa shape index (κ3) is 2.94. The maximum Gasteiger partial charge on any atom is 0.105 e. The summed E-state index contributed by atoms with van der Waals surface area (Å²) in [7, 11) is 0. The van der Waals surface area contributed by atoms with Gasteiger partial charge in [-0.3, -0.25) is 0 Å². The SMILES string of the molecule is N#Cc1ccc(C(O)C(O)CCN)cc1Cl. The number of nitriles is 1. The van der Waals surface area contributed by atoms with Gasteiger partial charge in [0.15, 0.2) is 0 Å². The number of nitrogens with zero attached hydrogens (tertiary/aromatic N) is 1. The first-order chi connectivity index (χ1) is 7.60. The highest BCUT2D eigenvalue weighted by atomic mass is 35.5. The van der Waals surface area contributed by atoms with Crippen molar-refractivity contribution in [3.05, 3.63) is 34.3 Å². The Morgan fingerprint density at radius 3 is 2.62 bits per heavy atom. The summed E-state index contributed by atoms with van der Waals surface area (Å²) in [6.07, 6.45) is -1.65. The van der Waals surface area contributed by atoms with Crippen LogP contribution in [0.1, 0.15) is 23.7 Å². The van der Waals surface area contributed by atoms with Gasteiger partial charge >= 0.3 is 0 Å². The first-order valence-corrected chi connectivity index (χ1v) is 5.23. The first kappa shape index (κ1) is 12.9. The second-order valence-electron chi connectivity index (χ2n) is 3.44. The molecule has 0 spiro atoms. The molecule has 16 heavy (non-hydrogen) atoms. The number of hydrogen-bond donors (Lipinski definition) is 3. The number of hydrogen-bond acceptors (Lipinski definition) is 4. The molecule has 0 saturated carbocycles. The molecule has 0 radical (unpaired) electrons. The molecular weight excluding hydrogens is 228 g/mol. The van der Waals surface area contributed by atoms with Gasteiger partial charge in [-0.25, -0.2) is 0 Å². The molecule has 2 atom stereocenters. The lowest BCUT2D eigenvalue weighted by molar-refractivity contribution is 0.0150. The van der Waals surface area contributed by atoms with Crippen LogP contribution in [0.2, 0.25) is 5.02 Å². The van der Waals surface area contributed by atoms with Crippen molar-refractivity contribution >= 4 is 11.6 Å². The number of halogens is 1. The van der Waals surface area contributed by atoms with E-state index in [4.69, 9.17) is 22.6 Å². The van der Waals surface area contributed by atoms with E-state index in [-0.39, 0.29) is 5.02 Å². The fourth-order valence-corrected chi connectivity index (χ4v) is 1.59. The van der Waals surface area contributed by atoms with E-state index in [1.54, 1.807) is 6.07 Å². The molecule has 0 aliphatic heterocycles. The molecule has 0 fully saturated rings. The molecule has 1 aromatic rings. The van der Waals surface area contributed by atoms with Gasteiger partial charge in [-0.15, -0.1) is 0 Å². The lowest BCUT2D eigenvalue weighted by Crippen LogP contribution is -2.21. The van der Waals surface area contributed by atoms with E-state index in [1.807, 2.05) is 6.07 Å². The minimum absolute atomic E-state index is 0.263. The Hall–Kier alpha value is -1.12. The number of aliphatic hydroxyl groups is 2. The Balaban J connectivity index is 2.89. The third-order valence-electron chi connectivity index (χ3n) is 2.28. The summed E-state index contributed by atoms with van der Waals surface area (Å²) in [6, 6.07) is 6.47. The van der Waals surface area contributed by atoms with Crippen molar-refractivity contribution in [2.45, 2.75) is 18.6 Å². The monoisotopic (exact) mass is 240 g/mol. The molecule has 0 amide bonds. The van der Waals surface area contributed by atoms with Gasteiger partial charge in [0.2, 0.25) is 0 Å². The molecule has 1 rings (SSSR count). The predicted octanol–water partition coefficient (Wildman–Crippen LogP) is 0.955. The van der Waals surface area contributed by atoms with Crippen molar-refractivity contribution in [1.82, 2.24) is 0 Å². The average Bonchev–Trinajstić information content (AvgIpc) is 2.28. The predicted molar refractivity (Wildman–Crippen MR) is 60.8 cm³/mol. The van der Waals surface area contributed by atoms with Crippen LogP contribution >= 0.6 is 11.6 Å². The van der Waals surface area contributed by atoms with Crippen LogP contribution in [0.5, 0.6) is 0 Å². The van der Waals surface area contributed by atoms with Crippen LogP contribution in [-0.4, -0.2) is 22.9 Å². The van der Waals surface area contributed by atoms with Crippen LogP contribution in [0.15, 0.2) is 18.2 Å². The molecule has 86 valence electrons. The lowest BCUT2D eigenvalue weighted by Gasteiger charge is -2.17. The van der Waals surface area contributed by atoms with E-state index in [9.17, 15) is 10.2 Å². The van der Waals surface area contributed by atoms with Crippen LogP contribution in [-0.2, 0) is 0 Å². The second kappa shape index (κ2) is 5.83. The molecule has 0 aliphatic rings. The zero-order chi connectivity index (χ0) is 12.1. The molecule has 0 aromatic heterocycles. The Morgan fingerprint density at radius 2 is 2.12 bits per heavy atom. The molecule has 0 aliphatic carbocycles. The van der Waals surface area contributed by atoms with Crippen molar-refractivity contribution in [1.29, 1.82) is 5.26 Å². The van der Waals surface area contributed by atoms with Gasteiger partial charge in [0, 0.05) is 0 Å². The van der Waals surface area contributed by atoms with Crippen molar-refractivity contribution in [3.8, 4) is 6.07 Å². The van der Waals surface area contributed by atoms with E-state index in [0.29, 0.717) is 24.1 Å². The van der Waals surface area contributed by atoms with Crippen molar-refractivity contribution in [2.24, 2.45) is 5.73 Å². The van der Waals surface area contributed by atoms with Gasteiger partial charge in [0.1, 0.15) is 12.2 Å². The summed E-state index contributed by atoms with van der Waals surface area (Å²) < 4.78 is 0. The van der Waals surface area contributed by atoms with E-state index < -0.39 is 12.2 Å². The highest BCUT2D eigenvalue weighted by Gasteiger charge is 2.18. The molecule has 4 nitrogen and oxygen atoms in total. The quantitative estimate of drug-likeness (QED) is 0.731. The lowest BCUT2D eigenvalue weighted by atomic mass is 10.0. The molecule has 0 saturated heterocycles. The second-order valence-corrected chi connectivity index (χ2v) is 3.85. The van der Waals surface area contributed by atoms with Gasteiger partial charge in [0.05, 0.1) is 16.7 Å². The van der Waals surface area contributed by atoms with Crippen molar-refractivity contribution in [3.63, 3.8) is 0 Å². The molecule has 4 N–H and O–H groups in total. The van der Waals surface area contributed by atoms with Crippen LogP contribution < -0.4 is 5.73 Å². The Labute approximate surface area is 98.9 Å². The molecule has 0 heterocycles. The number of nitrogens with two attached hydrogens (primary N) is 1. The minimum Gasteiger partial charge on any atom is -0.390 e. The molecule has 5 heteroatoms. The third-order valence-corrected chi connectivity index (χ3v) is 2.59. The Bertz CT molecular complexity index is 403. The fourth-order valence-electron chi connectivity index (χ4n) is 1.36. The van der Waals surface area contributed by atoms with E-state index in [1.165, 1.54) is 12.1 Å². The van der Waals surface area contributed by atoms with E-state index in [2.05, 4.69) is 0 Å². The summed E-state index contributed by atoms with van der Waals surface area (Å²) in [5.41, 5.74) is 6.10. The maximum atomic E-state index is 9.76. The molecule has 0 bridgehead atoms. The van der Waals surface area contributed by atoms with Gasteiger partial charge in [0.25, 0.3) is 0 Å². The van der Waals surface area contributed by atoms with Crippen LogP contribution in [0.4, 0.5) is 0 Å².